The van der Waals surface area contributed by atoms with Crippen LogP contribution in [-0.4, -0.2) is 28.9 Å². The van der Waals surface area contributed by atoms with E-state index in [1.807, 2.05) is 6.07 Å². The smallest absolute Gasteiger partial charge is 0.344 e. The minimum Gasteiger partial charge on any atom is -0.462 e. The van der Waals surface area contributed by atoms with Crippen LogP contribution in [0, 0.1) is 0 Å². The van der Waals surface area contributed by atoms with Crippen LogP contribution in [0.4, 0.5) is 0 Å². The molecule has 0 heterocycles. The summed E-state index contributed by atoms with van der Waals surface area (Å²) in [6.07, 6.45) is -1.06. The number of ether oxygens (including phenoxy) is 1. The van der Waals surface area contributed by atoms with Gasteiger partial charge in [0.05, 0.1) is 6.61 Å². The molecule has 0 amide bonds. The highest BCUT2D eigenvalue weighted by Crippen LogP contribution is 2.20. The van der Waals surface area contributed by atoms with Crippen LogP contribution in [0.25, 0.3) is 0 Å². The summed E-state index contributed by atoms with van der Waals surface area (Å²) in [6, 6.07) is 8.72. The van der Waals surface area contributed by atoms with Gasteiger partial charge in [-0.15, -0.1) is 0 Å². The van der Waals surface area contributed by atoms with Crippen LogP contribution < -0.4 is 0 Å². The standard InChI is InChI=1S/C13H15BrO4/c1-2-18-13(17)10(14)8-11(15)12(16)9-6-4-3-5-7-9/h3-8,11-12,15-16H,2H2,1H3/b10-8-/t11-,12-/m0/s1. The maximum atomic E-state index is 11.3. The van der Waals surface area contributed by atoms with Crippen LogP contribution in [0.15, 0.2) is 40.9 Å². The second kappa shape index (κ2) is 7.31. The summed E-state index contributed by atoms with van der Waals surface area (Å²) in [5, 5.41) is 19.7. The number of carbonyl (C=O) groups excluding carboxylic acids is 1. The predicted molar refractivity (Wildman–Crippen MR) is 71.1 cm³/mol. The molecule has 0 aromatic heterocycles. The monoisotopic (exact) mass is 314 g/mol. The third-order valence-corrected chi connectivity index (χ3v) is 2.84. The summed E-state index contributed by atoms with van der Waals surface area (Å²) < 4.78 is 4.83. The summed E-state index contributed by atoms with van der Waals surface area (Å²) in [6.45, 7) is 1.94. The second-order valence-corrected chi connectivity index (χ2v) is 4.44. The number of hydrogen-bond donors (Lipinski definition) is 2. The minimum absolute atomic E-state index is 0.0897. The van der Waals surface area contributed by atoms with Gasteiger partial charge in [-0.1, -0.05) is 30.3 Å². The fourth-order valence-electron chi connectivity index (χ4n) is 1.36. The van der Waals surface area contributed by atoms with Crippen LogP contribution in [0.1, 0.15) is 18.6 Å². The molecule has 0 spiro atoms. The van der Waals surface area contributed by atoms with Gasteiger partial charge in [0.15, 0.2) is 0 Å². The van der Waals surface area contributed by atoms with Crippen molar-refractivity contribution in [3.63, 3.8) is 0 Å². The highest BCUT2D eigenvalue weighted by atomic mass is 79.9. The molecule has 2 N–H and O–H groups in total. The van der Waals surface area contributed by atoms with Crippen molar-refractivity contribution in [1.82, 2.24) is 0 Å². The summed E-state index contributed by atoms with van der Waals surface area (Å²) in [5.41, 5.74) is 0.574. The van der Waals surface area contributed by atoms with Gasteiger partial charge >= 0.3 is 5.97 Å². The lowest BCUT2D eigenvalue weighted by atomic mass is 10.0. The van der Waals surface area contributed by atoms with E-state index in [1.54, 1.807) is 31.2 Å². The molecule has 18 heavy (non-hydrogen) atoms. The zero-order valence-corrected chi connectivity index (χ0v) is 11.5. The Hall–Kier alpha value is -1.17. The number of aliphatic hydroxyl groups is 2. The van der Waals surface area contributed by atoms with Crippen LogP contribution in [0.2, 0.25) is 0 Å². The SMILES string of the molecule is CCOC(=O)/C(Br)=C/[C@H](O)[C@@H](O)c1ccccc1. The van der Waals surface area contributed by atoms with Crippen molar-refractivity contribution in [2.75, 3.05) is 6.61 Å². The highest BCUT2D eigenvalue weighted by molar-refractivity contribution is 9.12. The van der Waals surface area contributed by atoms with Gasteiger partial charge in [0.2, 0.25) is 0 Å². The largest absolute Gasteiger partial charge is 0.462 e. The predicted octanol–water partition coefficient (Wildman–Crippen LogP) is 1.92. The Bertz CT molecular complexity index is 416. The number of benzene rings is 1. The Morgan fingerprint density at radius 2 is 2.00 bits per heavy atom. The van der Waals surface area contributed by atoms with Gasteiger partial charge in [0, 0.05) is 0 Å². The molecule has 1 aromatic carbocycles. The zero-order valence-electron chi connectivity index (χ0n) is 9.91. The lowest BCUT2D eigenvalue weighted by molar-refractivity contribution is -0.137. The average Bonchev–Trinajstić information content (AvgIpc) is 2.39. The Kier molecular flexibility index (Phi) is 6.04. The molecular weight excluding hydrogens is 300 g/mol. The van der Waals surface area contributed by atoms with Crippen LogP contribution in [0.5, 0.6) is 0 Å². The van der Waals surface area contributed by atoms with Crippen molar-refractivity contribution < 1.29 is 19.7 Å². The molecule has 0 aliphatic rings. The third-order valence-electron chi connectivity index (χ3n) is 2.25. The maximum absolute atomic E-state index is 11.3. The fraction of sp³-hybridized carbons (Fsp3) is 0.308. The number of carbonyl (C=O) groups is 1. The number of aliphatic hydroxyl groups excluding tert-OH is 2. The first kappa shape index (κ1) is 14.9. The van der Waals surface area contributed by atoms with Gasteiger partial charge < -0.3 is 14.9 Å². The van der Waals surface area contributed by atoms with Gasteiger partial charge in [0.1, 0.15) is 16.7 Å². The third kappa shape index (κ3) is 4.25. The molecule has 5 heteroatoms. The number of halogens is 1. The molecule has 1 rings (SSSR count). The lowest BCUT2D eigenvalue weighted by Crippen LogP contribution is -2.17. The van der Waals surface area contributed by atoms with E-state index < -0.39 is 18.2 Å². The van der Waals surface area contributed by atoms with E-state index >= 15 is 0 Å². The molecule has 1 aromatic rings. The minimum atomic E-state index is -1.19. The lowest BCUT2D eigenvalue weighted by Gasteiger charge is -2.15. The average molecular weight is 315 g/mol. The Morgan fingerprint density at radius 1 is 1.39 bits per heavy atom. The van der Waals surface area contributed by atoms with Crippen molar-refractivity contribution in [3.05, 3.63) is 46.5 Å². The van der Waals surface area contributed by atoms with Gasteiger partial charge in [-0.05, 0) is 34.5 Å². The maximum Gasteiger partial charge on any atom is 0.344 e. The van der Waals surface area contributed by atoms with E-state index in [4.69, 9.17) is 4.74 Å². The molecule has 98 valence electrons. The van der Waals surface area contributed by atoms with Gasteiger partial charge in [-0.2, -0.15) is 0 Å². The Balaban J connectivity index is 2.73. The van der Waals surface area contributed by atoms with Crippen molar-refractivity contribution in [3.8, 4) is 0 Å². The van der Waals surface area contributed by atoms with E-state index in [0.29, 0.717) is 5.56 Å². The van der Waals surface area contributed by atoms with Crippen molar-refractivity contribution in [1.29, 1.82) is 0 Å². The van der Waals surface area contributed by atoms with Crippen molar-refractivity contribution in [2.45, 2.75) is 19.1 Å². The number of rotatable bonds is 5. The molecule has 0 bridgehead atoms. The van der Waals surface area contributed by atoms with Gasteiger partial charge in [-0.3, -0.25) is 0 Å². The van der Waals surface area contributed by atoms with Crippen LogP contribution >= 0.6 is 15.9 Å². The molecule has 0 unspecified atom stereocenters. The van der Waals surface area contributed by atoms with E-state index in [2.05, 4.69) is 15.9 Å². The molecule has 2 atom stereocenters. The first-order chi connectivity index (χ1) is 8.56. The van der Waals surface area contributed by atoms with E-state index in [-0.39, 0.29) is 11.1 Å². The molecule has 4 nitrogen and oxygen atoms in total. The first-order valence-electron chi connectivity index (χ1n) is 5.51. The zero-order chi connectivity index (χ0) is 13.5. The van der Waals surface area contributed by atoms with Crippen LogP contribution in [-0.2, 0) is 9.53 Å². The quantitative estimate of drug-likeness (QED) is 0.643. The molecule has 0 aliphatic heterocycles. The second-order valence-electron chi connectivity index (χ2n) is 3.58. The first-order valence-corrected chi connectivity index (χ1v) is 6.31. The normalized spacial score (nSPS) is 15.0. The van der Waals surface area contributed by atoms with E-state index in [9.17, 15) is 15.0 Å². The summed E-state index contributed by atoms with van der Waals surface area (Å²) in [7, 11) is 0. The van der Waals surface area contributed by atoms with Gasteiger partial charge in [0.25, 0.3) is 0 Å². The summed E-state index contributed by atoms with van der Waals surface area (Å²) >= 11 is 3.00. The number of esters is 1. The summed E-state index contributed by atoms with van der Waals surface area (Å²) in [4.78, 5) is 11.3. The Morgan fingerprint density at radius 3 is 2.56 bits per heavy atom. The van der Waals surface area contributed by atoms with Gasteiger partial charge in [-0.25, -0.2) is 4.79 Å². The molecule has 0 fully saturated rings. The van der Waals surface area contributed by atoms with E-state index in [1.165, 1.54) is 6.08 Å². The molecule has 0 radical (unpaired) electrons. The molecular formula is C13H15BrO4. The Labute approximate surface area is 114 Å². The van der Waals surface area contributed by atoms with E-state index in [0.717, 1.165) is 0 Å². The summed E-state index contributed by atoms with van der Waals surface area (Å²) in [5.74, 6) is -0.572. The van der Waals surface area contributed by atoms with Crippen LogP contribution in [0.3, 0.4) is 0 Å². The molecule has 0 aliphatic carbocycles. The van der Waals surface area contributed by atoms with Crippen molar-refractivity contribution in [2.24, 2.45) is 0 Å². The topological polar surface area (TPSA) is 66.8 Å². The molecule has 0 saturated carbocycles. The molecule has 0 saturated heterocycles. The fourth-order valence-corrected chi connectivity index (χ4v) is 1.74. The van der Waals surface area contributed by atoms with Crippen molar-refractivity contribution >= 4 is 21.9 Å². The highest BCUT2D eigenvalue weighted by Gasteiger charge is 2.18. The number of hydrogen-bond acceptors (Lipinski definition) is 4.